The van der Waals surface area contributed by atoms with Gasteiger partial charge in [0.05, 0.1) is 7.11 Å². The number of hydrogen-bond acceptors (Lipinski definition) is 4. The largest absolute Gasteiger partial charge is 0.497 e. The van der Waals surface area contributed by atoms with E-state index in [0.29, 0.717) is 36.9 Å². The predicted octanol–water partition coefficient (Wildman–Crippen LogP) is 2.31. The van der Waals surface area contributed by atoms with E-state index in [9.17, 15) is 9.59 Å². The molecule has 2 aliphatic rings. The Balaban J connectivity index is 1.47. The van der Waals surface area contributed by atoms with E-state index in [4.69, 9.17) is 9.15 Å². The number of hydrogen-bond donors (Lipinski definition) is 1. The lowest BCUT2D eigenvalue weighted by molar-refractivity contribution is -0.119. The van der Waals surface area contributed by atoms with Crippen LogP contribution in [0.1, 0.15) is 23.4 Å². The second-order valence-electron chi connectivity index (χ2n) is 6.57. The van der Waals surface area contributed by atoms with Crippen LogP contribution in [0.2, 0.25) is 0 Å². The molecule has 0 radical (unpaired) electrons. The molecule has 1 aromatic heterocycles. The minimum absolute atomic E-state index is 0.0706. The zero-order valence-corrected chi connectivity index (χ0v) is 14.0. The zero-order chi connectivity index (χ0) is 17.4. The molecule has 2 fully saturated rings. The third kappa shape index (κ3) is 2.99. The fraction of sp³-hybridized carbons (Fsp3) is 0.368. The molecule has 6 nitrogen and oxygen atoms in total. The average molecular weight is 340 g/mol. The van der Waals surface area contributed by atoms with Crippen molar-refractivity contribution in [3.05, 3.63) is 42.2 Å². The van der Waals surface area contributed by atoms with Crippen molar-refractivity contribution < 1.29 is 18.7 Å². The number of nitrogens with one attached hydrogen (secondary N) is 1. The van der Waals surface area contributed by atoms with E-state index in [0.717, 1.165) is 17.7 Å². The highest BCUT2D eigenvalue weighted by molar-refractivity contribution is 5.92. The lowest BCUT2D eigenvalue weighted by Crippen LogP contribution is -2.49. The highest BCUT2D eigenvalue weighted by atomic mass is 16.5. The number of carbonyl (C=O) groups excluding carboxylic acids is 2. The van der Waals surface area contributed by atoms with Crippen LogP contribution in [0.5, 0.6) is 5.75 Å². The van der Waals surface area contributed by atoms with Crippen molar-refractivity contribution in [2.24, 2.45) is 5.92 Å². The van der Waals surface area contributed by atoms with Gasteiger partial charge in [0.1, 0.15) is 11.5 Å². The van der Waals surface area contributed by atoms with E-state index < -0.39 is 0 Å². The van der Waals surface area contributed by atoms with Gasteiger partial charge in [-0.25, -0.2) is 0 Å². The van der Waals surface area contributed by atoms with Gasteiger partial charge in [-0.05, 0) is 48.7 Å². The van der Waals surface area contributed by atoms with Crippen molar-refractivity contribution in [2.75, 3.05) is 20.2 Å². The number of amides is 2. The maximum atomic E-state index is 12.7. The molecular formula is C19H20N2O4. The van der Waals surface area contributed by atoms with Crippen molar-refractivity contribution >= 4 is 11.8 Å². The summed E-state index contributed by atoms with van der Waals surface area (Å²) in [6, 6.07) is 11.1. The average Bonchev–Trinajstić information content (AvgIpc) is 3.26. The van der Waals surface area contributed by atoms with Crippen LogP contribution in [-0.2, 0) is 4.79 Å². The molecule has 130 valence electrons. The lowest BCUT2D eigenvalue weighted by Gasteiger charge is -2.33. The molecule has 2 saturated heterocycles. The van der Waals surface area contributed by atoms with Crippen LogP contribution < -0.4 is 10.1 Å². The first-order valence-corrected chi connectivity index (χ1v) is 8.47. The summed E-state index contributed by atoms with van der Waals surface area (Å²) in [6.45, 7) is 1.21. The van der Waals surface area contributed by atoms with E-state index in [-0.39, 0.29) is 17.9 Å². The number of benzene rings is 1. The molecule has 2 aliphatic heterocycles. The first-order valence-electron chi connectivity index (χ1n) is 8.47. The molecule has 6 heteroatoms. The molecule has 2 amide bonds. The Kier molecular flexibility index (Phi) is 3.95. The van der Waals surface area contributed by atoms with E-state index in [1.807, 2.05) is 24.3 Å². The highest BCUT2D eigenvalue weighted by Crippen LogP contribution is 2.28. The normalized spacial score (nSPS) is 22.4. The summed E-state index contributed by atoms with van der Waals surface area (Å²) in [5, 5.41) is 2.96. The number of fused-ring (bicyclic) bond motifs is 1. The van der Waals surface area contributed by atoms with Gasteiger partial charge < -0.3 is 19.4 Å². The Morgan fingerprint density at radius 3 is 2.80 bits per heavy atom. The number of carbonyl (C=O) groups is 2. The molecule has 0 spiro atoms. The Labute approximate surface area is 145 Å². The fourth-order valence-corrected chi connectivity index (χ4v) is 3.62. The number of likely N-dealkylation sites (tertiary alicyclic amines) is 1. The van der Waals surface area contributed by atoms with Crippen LogP contribution >= 0.6 is 0 Å². The van der Waals surface area contributed by atoms with Crippen LogP contribution in [0, 0.1) is 5.92 Å². The number of furan rings is 1. The Bertz CT molecular complexity index is 796. The summed E-state index contributed by atoms with van der Waals surface area (Å²) >= 11 is 0. The monoisotopic (exact) mass is 340 g/mol. The Morgan fingerprint density at radius 1 is 1.24 bits per heavy atom. The van der Waals surface area contributed by atoms with Gasteiger partial charge in [-0.2, -0.15) is 0 Å². The van der Waals surface area contributed by atoms with Crippen LogP contribution in [0.15, 0.2) is 40.8 Å². The number of methoxy groups -OCH3 is 1. The smallest absolute Gasteiger partial charge is 0.289 e. The molecule has 0 saturated carbocycles. The summed E-state index contributed by atoms with van der Waals surface area (Å²) in [5.74, 6) is 2.06. The van der Waals surface area contributed by atoms with Gasteiger partial charge in [-0.3, -0.25) is 9.59 Å². The molecule has 2 atom stereocenters. The number of piperidine rings is 1. The molecule has 3 heterocycles. The van der Waals surface area contributed by atoms with Crippen molar-refractivity contribution in [1.82, 2.24) is 10.2 Å². The molecule has 0 bridgehead atoms. The van der Waals surface area contributed by atoms with E-state index in [1.165, 1.54) is 0 Å². The number of rotatable bonds is 3. The highest BCUT2D eigenvalue weighted by Gasteiger charge is 2.38. The van der Waals surface area contributed by atoms with Gasteiger partial charge in [0.2, 0.25) is 5.91 Å². The second-order valence-corrected chi connectivity index (χ2v) is 6.57. The molecular weight excluding hydrogens is 320 g/mol. The third-order valence-electron chi connectivity index (χ3n) is 5.03. The fourth-order valence-electron chi connectivity index (χ4n) is 3.62. The van der Waals surface area contributed by atoms with Crippen LogP contribution in [-0.4, -0.2) is 43.0 Å². The summed E-state index contributed by atoms with van der Waals surface area (Å²) in [6.07, 6.45) is 1.43. The molecule has 2 aromatic rings. The molecule has 1 aromatic carbocycles. The van der Waals surface area contributed by atoms with Crippen molar-refractivity contribution in [1.29, 1.82) is 0 Å². The number of nitrogens with zero attached hydrogens (tertiary/aromatic N) is 1. The number of ether oxygens (including phenoxy) is 1. The first-order chi connectivity index (χ1) is 12.1. The quantitative estimate of drug-likeness (QED) is 0.931. The minimum Gasteiger partial charge on any atom is -0.497 e. The van der Waals surface area contributed by atoms with Crippen molar-refractivity contribution in [3.8, 4) is 17.1 Å². The SMILES string of the molecule is COc1ccc(-c2ccc(C(=O)N3CC[C@@H]4CC(=O)N[C@@H]4C3)o2)cc1. The van der Waals surface area contributed by atoms with Crippen LogP contribution in [0.25, 0.3) is 11.3 Å². The standard InChI is InChI=1S/C19H20N2O4/c1-24-14-4-2-12(3-5-14)16-6-7-17(25-16)19(23)21-9-8-13-10-18(22)20-15(13)11-21/h2-7,13,15H,8-11H2,1H3,(H,20,22)/t13-,15-/m1/s1. The van der Waals surface area contributed by atoms with Gasteiger partial charge in [-0.1, -0.05) is 0 Å². The van der Waals surface area contributed by atoms with Crippen LogP contribution in [0.3, 0.4) is 0 Å². The predicted molar refractivity (Wildman–Crippen MR) is 91.3 cm³/mol. The maximum Gasteiger partial charge on any atom is 0.289 e. The molecule has 4 rings (SSSR count). The van der Waals surface area contributed by atoms with Gasteiger partial charge in [-0.15, -0.1) is 0 Å². The first kappa shape index (κ1) is 15.7. The summed E-state index contributed by atoms with van der Waals surface area (Å²) < 4.78 is 10.9. The maximum absolute atomic E-state index is 12.7. The van der Waals surface area contributed by atoms with Crippen molar-refractivity contribution in [3.63, 3.8) is 0 Å². The van der Waals surface area contributed by atoms with Gasteiger partial charge >= 0.3 is 0 Å². The van der Waals surface area contributed by atoms with Crippen molar-refractivity contribution in [2.45, 2.75) is 18.9 Å². The van der Waals surface area contributed by atoms with Crippen LogP contribution in [0.4, 0.5) is 0 Å². The summed E-state index contributed by atoms with van der Waals surface area (Å²) in [7, 11) is 1.62. The molecule has 25 heavy (non-hydrogen) atoms. The second kappa shape index (κ2) is 6.27. The van der Waals surface area contributed by atoms with Gasteiger partial charge in [0.25, 0.3) is 5.91 Å². The molecule has 0 aliphatic carbocycles. The third-order valence-corrected chi connectivity index (χ3v) is 5.03. The minimum atomic E-state index is -0.126. The summed E-state index contributed by atoms with van der Waals surface area (Å²) in [5.41, 5.74) is 0.890. The summed E-state index contributed by atoms with van der Waals surface area (Å²) in [4.78, 5) is 26.0. The molecule has 1 N–H and O–H groups in total. The van der Waals surface area contributed by atoms with E-state index >= 15 is 0 Å². The van der Waals surface area contributed by atoms with Gasteiger partial charge in [0, 0.05) is 31.1 Å². The topological polar surface area (TPSA) is 71.8 Å². The van der Waals surface area contributed by atoms with E-state index in [2.05, 4.69) is 5.32 Å². The van der Waals surface area contributed by atoms with E-state index in [1.54, 1.807) is 24.1 Å². The Hall–Kier alpha value is -2.76. The molecule has 0 unspecified atom stereocenters. The van der Waals surface area contributed by atoms with Gasteiger partial charge in [0.15, 0.2) is 5.76 Å². The zero-order valence-electron chi connectivity index (χ0n) is 14.0. The lowest BCUT2D eigenvalue weighted by atomic mass is 9.92. The Morgan fingerprint density at radius 2 is 2.04 bits per heavy atom.